The van der Waals surface area contributed by atoms with E-state index in [1.54, 1.807) is 11.3 Å². The lowest BCUT2D eigenvalue weighted by Crippen LogP contribution is -2.47. The molecule has 3 aliphatic rings. The highest BCUT2D eigenvalue weighted by Gasteiger charge is 2.54. The third kappa shape index (κ3) is 2.83. The van der Waals surface area contributed by atoms with Crippen LogP contribution in [0.25, 0.3) is 0 Å². The number of ether oxygens (including phenoxy) is 1. The van der Waals surface area contributed by atoms with Crippen molar-refractivity contribution >= 4 is 29.2 Å². The minimum absolute atomic E-state index is 0.0325. The van der Waals surface area contributed by atoms with E-state index < -0.39 is 11.6 Å². The van der Waals surface area contributed by atoms with Crippen LogP contribution >= 0.6 is 11.3 Å². The van der Waals surface area contributed by atoms with Crippen molar-refractivity contribution in [3.63, 3.8) is 0 Å². The molecule has 25 heavy (non-hydrogen) atoms. The van der Waals surface area contributed by atoms with E-state index in [4.69, 9.17) is 4.74 Å². The van der Waals surface area contributed by atoms with Crippen molar-refractivity contribution < 1.29 is 19.1 Å². The van der Waals surface area contributed by atoms with Crippen LogP contribution < -0.4 is 10.6 Å². The van der Waals surface area contributed by atoms with Crippen LogP contribution in [-0.4, -0.2) is 48.5 Å². The van der Waals surface area contributed by atoms with Crippen LogP contribution in [0.2, 0.25) is 0 Å². The van der Waals surface area contributed by atoms with E-state index in [1.807, 2.05) is 11.4 Å². The summed E-state index contributed by atoms with van der Waals surface area (Å²) in [5.41, 5.74) is -0.0937. The third-order valence-electron chi connectivity index (χ3n) is 5.19. The van der Waals surface area contributed by atoms with E-state index >= 15 is 0 Å². The second-order valence-corrected chi connectivity index (χ2v) is 7.78. The first-order chi connectivity index (χ1) is 12.1. The Balaban J connectivity index is 1.44. The van der Waals surface area contributed by atoms with Crippen molar-refractivity contribution in [2.75, 3.05) is 19.7 Å². The lowest BCUT2D eigenvalue weighted by atomic mass is 9.80. The smallest absolute Gasteiger partial charge is 0.325 e. The van der Waals surface area contributed by atoms with Gasteiger partial charge >= 0.3 is 6.03 Å². The maximum absolute atomic E-state index is 13.0. The average molecular weight is 363 g/mol. The number of hydrogen-bond donors (Lipinski definition) is 2. The van der Waals surface area contributed by atoms with Crippen molar-refractivity contribution in [3.8, 4) is 0 Å². The van der Waals surface area contributed by atoms with Crippen LogP contribution in [0.15, 0.2) is 11.4 Å². The molecular weight excluding hydrogens is 342 g/mol. The van der Waals surface area contributed by atoms with Gasteiger partial charge in [0.25, 0.3) is 5.91 Å². The lowest BCUT2D eigenvalue weighted by Gasteiger charge is -2.31. The van der Waals surface area contributed by atoms with Crippen molar-refractivity contribution in [2.45, 2.75) is 43.7 Å². The van der Waals surface area contributed by atoms with E-state index in [2.05, 4.69) is 10.6 Å². The van der Waals surface area contributed by atoms with Gasteiger partial charge in [0, 0.05) is 23.6 Å². The van der Waals surface area contributed by atoms with Gasteiger partial charge in [0.1, 0.15) is 12.1 Å². The summed E-state index contributed by atoms with van der Waals surface area (Å²) in [6.45, 7) is 0.889. The van der Waals surface area contributed by atoms with Gasteiger partial charge in [-0.1, -0.05) is 0 Å². The Morgan fingerprint density at radius 2 is 2.32 bits per heavy atom. The lowest BCUT2D eigenvalue weighted by molar-refractivity contribution is -0.135. The van der Waals surface area contributed by atoms with Gasteiger partial charge in [0.05, 0.1) is 6.10 Å². The first-order valence-corrected chi connectivity index (χ1v) is 9.57. The van der Waals surface area contributed by atoms with Crippen LogP contribution in [-0.2, 0) is 26.3 Å². The molecule has 3 heterocycles. The van der Waals surface area contributed by atoms with E-state index in [-0.39, 0.29) is 24.5 Å². The fourth-order valence-corrected chi connectivity index (χ4v) is 4.92. The molecule has 2 atom stereocenters. The molecule has 4 amide bonds. The van der Waals surface area contributed by atoms with Gasteiger partial charge in [-0.05, 0) is 43.6 Å². The largest absolute Gasteiger partial charge is 0.376 e. The van der Waals surface area contributed by atoms with Crippen molar-refractivity contribution in [2.24, 2.45) is 0 Å². The fraction of sp³-hybridized carbons (Fsp3) is 0.588. The van der Waals surface area contributed by atoms with E-state index in [0.29, 0.717) is 13.0 Å². The standard InChI is InChI=1S/C17H21N3O4S/c21-14(18-9-11-3-2-7-24-11)10-20-15(22)17(19-16(20)23)6-1-4-13-12(17)5-8-25-13/h5,8,11H,1-4,6-7,9-10H2,(H,18,21)(H,19,23)/t11-,17+/m0/s1. The number of amides is 4. The first kappa shape index (κ1) is 16.5. The Labute approximate surface area is 149 Å². The summed E-state index contributed by atoms with van der Waals surface area (Å²) in [5, 5.41) is 7.57. The molecule has 0 radical (unpaired) electrons. The molecule has 8 heteroatoms. The van der Waals surface area contributed by atoms with E-state index in [1.165, 1.54) is 0 Å². The van der Waals surface area contributed by atoms with Gasteiger partial charge < -0.3 is 15.4 Å². The fourth-order valence-electron chi connectivity index (χ4n) is 3.92. The van der Waals surface area contributed by atoms with E-state index in [0.717, 1.165) is 47.6 Å². The number of rotatable bonds is 4. The second-order valence-electron chi connectivity index (χ2n) is 6.78. The molecule has 1 aliphatic carbocycles. The summed E-state index contributed by atoms with van der Waals surface area (Å²) in [6, 6.07) is 1.43. The molecule has 2 saturated heterocycles. The summed E-state index contributed by atoms with van der Waals surface area (Å²) in [4.78, 5) is 39.7. The molecule has 0 unspecified atom stereocenters. The Hall–Kier alpha value is -1.93. The van der Waals surface area contributed by atoms with Crippen LogP contribution in [0.3, 0.4) is 0 Å². The molecule has 0 bridgehead atoms. The normalized spacial score (nSPS) is 28.3. The van der Waals surface area contributed by atoms with Gasteiger partial charge in [0.2, 0.25) is 5.91 Å². The molecule has 1 aromatic heterocycles. The van der Waals surface area contributed by atoms with Crippen LogP contribution in [0.4, 0.5) is 4.79 Å². The molecule has 7 nitrogen and oxygen atoms in total. The zero-order valence-corrected chi connectivity index (χ0v) is 14.7. The minimum Gasteiger partial charge on any atom is -0.376 e. The Kier molecular flexibility index (Phi) is 4.24. The maximum atomic E-state index is 13.0. The summed E-state index contributed by atoms with van der Waals surface area (Å²) in [7, 11) is 0. The number of aryl methyl sites for hydroxylation is 1. The number of nitrogens with zero attached hydrogens (tertiary/aromatic N) is 1. The molecule has 1 spiro atoms. The Morgan fingerprint density at radius 3 is 3.12 bits per heavy atom. The van der Waals surface area contributed by atoms with Gasteiger partial charge in [-0.3, -0.25) is 14.5 Å². The monoisotopic (exact) mass is 363 g/mol. The quantitative estimate of drug-likeness (QED) is 0.785. The molecule has 0 saturated carbocycles. The number of carbonyl (C=O) groups excluding carboxylic acids is 3. The van der Waals surface area contributed by atoms with Crippen molar-refractivity contribution in [1.29, 1.82) is 0 Å². The van der Waals surface area contributed by atoms with Crippen molar-refractivity contribution in [3.05, 3.63) is 21.9 Å². The van der Waals surface area contributed by atoms with Crippen molar-refractivity contribution in [1.82, 2.24) is 15.5 Å². The molecule has 2 fully saturated rings. The molecular formula is C17H21N3O4S. The SMILES string of the molecule is O=C(CN1C(=O)N[C@@]2(CCCc3sccc32)C1=O)NC[C@@H]1CCCO1. The van der Waals surface area contributed by atoms with E-state index in [9.17, 15) is 14.4 Å². The first-order valence-electron chi connectivity index (χ1n) is 8.69. The highest BCUT2D eigenvalue weighted by Crippen LogP contribution is 2.41. The molecule has 4 rings (SSSR count). The summed E-state index contributed by atoms with van der Waals surface area (Å²) in [5.74, 6) is -0.651. The molecule has 2 N–H and O–H groups in total. The number of imide groups is 1. The zero-order chi connectivity index (χ0) is 17.4. The zero-order valence-electron chi connectivity index (χ0n) is 13.9. The Morgan fingerprint density at radius 1 is 1.44 bits per heavy atom. The molecule has 2 aliphatic heterocycles. The maximum Gasteiger partial charge on any atom is 0.325 e. The predicted molar refractivity (Wildman–Crippen MR) is 91.2 cm³/mol. The van der Waals surface area contributed by atoms with Crippen LogP contribution in [0.5, 0.6) is 0 Å². The topological polar surface area (TPSA) is 87.7 Å². The number of nitrogens with one attached hydrogen (secondary N) is 2. The van der Waals surface area contributed by atoms with Crippen LogP contribution in [0.1, 0.15) is 36.1 Å². The third-order valence-corrected chi connectivity index (χ3v) is 6.17. The van der Waals surface area contributed by atoms with Gasteiger partial charge in [-0.15, -0.1) is 11.3 Å². The number of carbonyl (C=O) groups is 3. The summed E-state index contributed by atoms with van der Waals surface area (Å²) >= 11 is 1.61. The predicted octanol–water partition coefficient (Wildman–Crippen LogP) is 1.13. The number of thiophene rings is 1. The number of fused-ring (bicyclic) bond motifs is 2. The Bertz CT molecular complexity index is 713. The molecule has 0 aromatic carbocycles. The van der Waals surface area contributed by atoms with Gasteiger partial charge in [-0.25, -0.2) is 4.79 Å². The van der Waals surface area contributed by atoms with Crippen LogP contribution in [0, 0.1) is 0 Å². The molecule has 134 valence electrons. The highest BCUT2D eigenvalue weighted by molar-refractivity contribution is 7.10. The summed E-state index contributed by atoms with van der Waals surface area (Å²) < 4.78 is 5.46. The minimum atomic E-state index is -0.987. The number of urea groups is 1. The second kappa shape index (κ2) is 6.42. The highest BCUT2D eigenvalue weighted by atomic mass is 32.1. The van der Waals surface area contributed by atoms with Gasteiger partial charge in [0.15, 0.2) is 0 Å². The molecule has 1 aromatic rings. The number of hydrogen-bond acceptors (Lipinski definition) is 5. The summed E-state index contributed by atoms with van der Waals surface area (Å²) in [6.07, 6.45) is 4.31. The average Bonchev–Trinajstić information content (AvgIpc) is 3.32. The van der Waals surface area contributed by atoms with Gasteiger partial charge in [-0.2, -0.15) is 0 Å².